The van der Waals surface area contributed by atoms with Crippen molar-refractivity contribution in [3.05, 3.63) is 54.2 Å². The van der Waals surface area contributed by atoms with Crippen molar-refractivity contribution in [3.63, 3.8) is 0 Å². The fourth-order valence-electron chi connectivity index (χ4n) is 1.87. The predicted octanol–water partition coefficient (Wildman–Crippen LogP) is 3.06. The highest BCUT2D eigenvalue weighted by Gasteiger charge is 2.22. The molecule has 0 atom stereocenters. The molecule has 0 bridgehead atoms. The van der Waals surface area contributed by atoms with Gasteiger partial charge < -0.3 is 10.5 Å². The molecule has 18 heavy (non-hydrogen) atoms. The van der Waals surface area contributed by atoms with Gasteiger partial charge in [-0.25, -0.2) is 4.98 Å². The molecule has 2 N–H and O–H groups in total. The minimum atomic E-state index is -0.343. The molecule has 1 heterocycles. The number of hydrogen-bond donors (Lipinski definition) is 1. The molecule has 0 radical (unpaired) electrons. The third-order valence-corrected chi connectivity index (χ3v) is 2.65. The van der Waals surface area contributed by atoms with E-state index in [1.54, 1.807) is 18.3 Å². The van der Waals surface area contributed by atoms with Crippen LogP contribution in [0.4, 0.5) is 5.69 Å². The zero-order valence-electron chi connectivity index (χ0n) is 10.8. The summed E-state index contributed by atoms with van der Waals surface area (Å²) in [5.74, 6) is 0.499. The van der Waals surface area contributed by atoms with E-state index in [2.05, 4.69) is 17.1 Å². The van der Waals surface area contributed by atoms with Gasteiger partial charge in [0.25, 0.3) is 0 Å². The van der Waals surface area contributed by atoms with Crippen molar-refractivity contribution < 1.29 is 4.74 Å². The molecule has 1 aromatic heterocycles. The van der Waals surface area contributed by atoms with Gasteiger partial charge in [0.1, 0.15) is 5.60 Å². The van der Waals surface area contributed by atoms with Gasteiger partial charge in [-0.1, -0.05) is 30.3 Å². The molecule has 0 aliphatic carbocycles. The summed E-state index contributed by atoms with van der Waals surface area (Å²) < 4.78 is 5.90. The van der Waals surface area contributed by atoms with E-state index in [1.165, 1.54) is 5.56 Å². The molecular weight excluding hydrogens is 224 g/mol. The molecule has 0 spiro atoms. The van der Waals surface area contributed by atoms with E-state index in [4.69, 9.17) is 10.5 Å². The molecule has 3 heteroatoms. The van der Waals surface area contributed by atoms with Crippen molar-refractivity contribution in [2.75, 3.05) is 5.73 Å². The van der Waals surface area contributed by atoms with Crippen LogP contribution in [0, 0.1) is 0 Å². The van der Waals surface area contributed by atoms with Crippen LogP contribution in [0.3, 0.4) is 0 Å². The Hall–Kier alpha value is -2.03. The summed E-state index contributed by atoms with van der Waals surface area (Å²) >= 11 is 0. The van der Waals surface area contributed by atoms with Gasteiger partial charge in [-0.05, 0) is 31.5 Å². The number of hydrogen-bond acceptors (Lipinski definition) is 3. The highest BCUT2D eigenvalue weighted by Crippen LogP contribution is 2.24. The van der Waals surface area contributed by atoms with Gasteiger partial charge in [-0.15, -0.1) is 0 Å². The normalized spacial score (nSPS) is 11.2. The van der Waals surface area contributed by atoms with Gasteiger partial charge >= 0.3 is 0 Å². The average molecular weight is 242 g/mol. The number of benzene rings is 1. The van der Waals surface area contributed by atoms with Crippen LogP contribution in [-0.4, -0.2) is 10.6 Å². The maximum atomic E-state index is 5.90. The fraction of sp³-hybridized carbons (Fsp3) is 0.267. The van der Waals surface area contributed by atoms with E-state index < -0.39 is 0 Å². The number of nitrogens with zero attached hydrogens (tertiary/aromatic N) is 1. The monoisotopic (exact) mass is 242 g/mol. The van der Waals surface area contributed by atoms with Crippen LogP contribution in [-0.2, 0) is 6.42 Å². The standard InChI is InChI=1S/C15H18N2O/c1-15(2,11-12-7-4-3-5-8-12)18-14-13(16)9-6-10-17-14/h3-10H,11,16H2,1-2H3. The Morgan fingerprint density at radius 2 is 1.83 bits per heavy atom. The highest BCUT2D eigenvalue weighted by molar-refractivity contribution is 5.47. The van der Waals surface area contributed by atoms with Crippen molar-refractivity contribution in [2.45, 2.75) is 25.9 Å². The summed E-state index contributed by atoms with van der Waals surface area (Å²) in [5.41, 5.74) is 7.29. The van der Waals surface area contributed by atoms with E-state index in [1.807, 2.05) is 32.0 Å². The number of aromatic nitrogens is 1. The zero-order valence-corrected chi connectivity index (χ0v) is 10.8. The zero-order chi connectivity index (χ0) is 13.0. The van der Waals surface area contributed by atoms with Gasteiger partial charge in [0.15, 0.2) is 0 Å². The van der Waals surface area contributed by atoms with Crippen molar-refractivity contribution in [2.24, 2.45) is 0 Å². The first-order chi connectivity index (χ1) is 8.57. The minimum Gasteiger partial charge on any atom is -0.470 e. The van der Waals surface area contributed by atoms with Gasteiger partial charge in [0, 0.05) is 12.6 Å². The summed E-state index contributed by atoms with van der Waals surface area (Å²) in [7, 11) is 0. The molecular formula is C15H18N2O. The quantitative estimate of drug-likeness (QED) is 0.896. The largest absolute Gasteiger partial charge is 0.470 e. The Balaban J connectivity index is 2.10. The van der Waals surface area contributed by atoms with Crippen LogP contribution in [0.1, 0.15) is 19.4 Å². The lowest BCUT2D eigenvalue weighted by Crippen LogP contribution is -2.31. The Morgan fingerprint density at radius 3 is 2.50 bits per heavy atom. The molecule has 94 valence electrons. The number of anilines is 1. The molecule has 2 aromatic rings. The van der Waals surface area contributed by atoms with Crippen LogP contribution >= 0.6 is 0 Å². The molecule has 3 nitrogen and oxygen atoms in total. The summed E-state index contributed by atoms with van der Waals surface area (Å²) in [5, 5.41) is 0. The van der Waals surface area contributed by atoms with Crippen molar-refractivity contribution in [1.82, 2.24) is 4.98 Å². The Kier molecular flexibility index (Phi) is 3.51. The lowest BCUT2D eigenvalue weighted by Gasteiger charge is -2.26. The number of pyridine rings is 1. The maximum absolute atomic E-state index is 5.90. The molecule has 0 saturated carbocycles. The smallest absolute Gasteiger partial charge is 0.237 e. The van der Waals surface area contributed by atoms with Gasteiger partial charge in [-0.3, -0.25) is 0 Å². The topological polar surface area (TPSA) is 48.1 Å². The number of nitrogens with two attached hydrogens (primary N) is 1. The Bertz CT molecular complexity index is 509. The maximum Gasteiger partial charge on any atom is 0.237 e. The minimum absolute atomic E-state index is 0.343. The number of ether oxygens (including phenoxy) is 1. The summed E-state index contributed by atoms with van der Waals surface area (Å²) in [6.07, 6.45) is 2.49. The molecule has 0 saturated heterocycles. The lowest BCUT2D eigenvalue weighted by atomic mass is 9.98. The van der Waals surface area contributed by atoms with Gasteiger partial charge in [-0.2, -0.15) is 0 Å². The molecule has 0 amide bonds. The van der Waals surface area contributed by atoms with Crippen molar-refractivity contribution in [3.8, 4) is 5.88 Å². The second-order valence-corrected chi connectivity index (χ2v) is 4.92. The SMILES string of the molecule is CC(C)(Cc1ccccc1)Oc1ncccc1N. The molecule has 1 aromatic carbocycles. The van der Waals surface area contributed by atoms with Gasteiger partial charge in [0.2, 0.25) is 5.88 Å². The van der Waals surface area contributed by atoms with Crippen LogP contribution in [0.15, 0.2) is 48.7 Å². The average Bonchev–Trinajstić information content (AvgIpc) is 2.32. The van der Waals surface area contributed by atoms with E-state index in [0.29, 0.717) is 11.6 Å². The third kappa shape index (κ3) is 3.23. The molecule has 0 unspecified atom stereocenters. The fourth-order valence-corrected chi connectivity index (χ4v) is 1.87. The second-order valence-electron chi connectivity index (χ2n) is 4.92. The number of rotatable bonds is 4. The predicted molar refractivity (Wildman–Crippen MR) is 73.5 cm³/mol. The Labute approximate surface area is 108 Å². The van der Waals surface area contributed by atoms with Crippen LogP contribution in [0.5, 0.6) is 5.88 Å². The third-order valence-electron chi connectivity index (χ3n) is 2.65. The molecule has 0 fully saturated rings. The van der Waals surface area contributed by atoms with Crippen LogP contribution in [0.2, 0.25) is 0 Å². The first-order valence-electron chi connectivity index (χ1n) is 6.00. The summed E-state index contributed by atoms with van der Waals surface area (Å²) in [6, 6.07) is 13.8. The lowest BCUT2D eigenvalue weighted by molar-refractivity contribution is 0.105. The van der Waals surface area contributed by atoms with Crippen molar-refractivity contribution in [1.29, 1.82) is 0 Å². The first kappa shape index (κ1) is 12.4. The molecule has 0 aliphatic rings. The van der Waals surface area contributed by atoms with Gasteiger partial charge in [0.05, 0.1) is 5.69 Å². The molecule has 0 aliphatic heterocycles. The van der Waals surface area contributed by atoms with Crippen LogP contribution < -0.4 is 10.5 Å². The van der Waals surface area contributed by atoms with Crippen LogP contribution in [0.25, 0.3) is 0 Å². The van der Waals surface area contributed by atoms with E-state index in [-0.39, 0.29) is 5.60 Å². The summed E-state index contributed by atoms with van der Waals surface area (Å²) in [4.78, 5) is 4.16. The Morgan fingerprint density at radius 1 is 1.11 bits per heavy atom. The van der Waals surface area contributed by atoms with E-state index in [0.717, 1.165) is 6.42 Å². The summed E-state index contributed by atoms with van der Waals surface area (Å²) in [6.45, 7) is 4.07. The highest BCUT2D eigenvalue weighted by atomic mass is 16.5. The van der Waals surface area contributed by atoms with E-state index in [9.17, 15) is 0 Å². The van der Waals surface area contributed by atoms with E-state index >= 15 is 0 Å². The second kappa shape index (κ2) is 5.08. The molecule has 2 rings (SSSR count). The van der Waals surface area contributed by atoms with Crippen molar-refractivity contribution >= 4 is 5.69 Å². The first-order valence-corrected chi connectivity index (χ1v) is 6.00. The number of nitrogen functional groups attached to an aromatic ring is 1.